The summed E-state index contributed by atoms with van der Waals surface area (Å²) < 4.78 is 5.37. The van der Waals surface area contributed by atoms with E-state index in [0.29, 0.717) is 6.04 Å². The van der Waals surface area contributed by atoms with Crippen LogP contribution in [-0.2, 0) is 9.53 Å². The number of hydrogen-bond donors (Lipinski definition) is 1. The van der Waals surface area contributed by atoms with Crippen LogP contribution in [0.25, 0.3) is 0 Å². The van der Waals surface area contributed by atoms with Gasteiger partial charge in [0.15, 0.2) is 0 Å². The van der Waals surface area contributed by atoms with Gasteiger partial charge in [0.1, 0.15) is 11.6 Å². The molecule has 2 aliphatic rings. The van der Waals surface area contributed by atoms with Gasteiger partial charge in [0.2, 0.25) is 5.91 Å². The predicted octanol–water partition coefficient (Wildman–Crippen LogP) is 3.47. The van der Waals surface area contributed by atoms with E-state index in [-0.39, 0.29) is 11.8 Å². The number of likely N-dealkylation sites (N-methyl/N-ethyl adjacent to an activating group) is 1. The molecule has 23 heavy (non-hydrogen) atoms. The van der Waals surface area contributed by atoms with Gasteiger partial charge in [-0.15, -0.1) is 0 Å². The molecule has 0 radical (unpaired) electrons. The fourth-order valence-corrected chi connectivity index (χ4v) is 3.46. The average molecular weight is 324 g/mol. The minimum absolute atomic E-state index is 0.0486. The molecule has 1 N–H and O–H groups in total. The van der Waals surface area contributed by atoms with E-state index in [1.54, 1.807) is 0 Å². The van der Waals surface area contributed by atoms with E-state index < -0.39 is 17.7 Å². The molecule has 0 unspecified atom stereocenters. The number of nitrogens with zero attached hydrogens (tertiary/aromatic N) is 1. The van der Waals surface area contributed by atoms with Gasteiger partial charge in [0.05, 0.1) is 0 Å². The molecule has 2 rings (SSSR count). The van der Waals surface area contributed by atoms with Gasteiger partial charge in [-0.3, -0.25) is 4.79 Å². The highest BCUT2D eigenvalue weighted by atomic mass is 16.6. The largest absolute Gasteiger partial charge is 0.444 e. The van der Waals surface area contributed by atoms with E-state index in [0.717, 1.165) is 38.5 Å². The maximum Gasteiger partial charge on any atom is 0.408 e. The number of carbonyl (C=O) groups excluding carboxylic acids is 2. The molecule has 5 heteroatoms. The van der Waals surface area contributed by atoms with Crippen molar-refractivity contribution in [2.75, 3.05) is 7.05 Å². The number of hydrogen-bond acceptors (Lipinski definition) is 3. The molecular weight excluding hydrogens is 292 g/mol. The maximum atomic E-state index is 12.9. The van der Waals surface area contributed by atoms with Gasteiger partial charge in [-0.05, 0) is 58.8 Å². The van der Waals surface area contributed by atoms with Crippen LogP contribution < -0.4 is 5.32 Å². The molecule has 0 spiro atoms. The Hall–Kier alpha value is -1.26. The van der Waals surface area contributed by atoms with Gasteiger partial charge in [0, 0.05) is 13.1 Å². The molecule has 132 valence electrons. The van der Waals surface area contributed by atoms with E-state index in [2.05, 4.69) is 5.32 Å². The molecule has 0 aromatic carbocycles. The first-order valence-electron chi connectivity index (χ1n) is 9.04. The third-order valence-corrected chi connectivity index (χ3v) is 5.03. The zero-order chi connectivity index (χ0) is 17.0. The van der Waals surface area contributed by atoms with Crippen molar-refractivity contribution in [2.45, 2.75) is 89.8 Å². The predicted molar refractivity (Wildman–Crippen MR) is 90.1 cm³/mol. The summed E-state index contributed by atoms with van der Waals surface area (Å²) in [6.45, 7) is 5.51. The summed E-state index contributed by atoms with van der Waals surface area (Å²) in [6.07, 6.45) is 8.37. The molecule has 0 aromatic heterocycles. The van der Waals surface area contributed by atoms with Crippen LogP contribution in [0.3, 0.4) is 0 Å². The fraction of sp³-hybridized carbons (Fsp3) is 0.889. The summed E-state index contributed by atoms with van der Waals surface area (Å²) in [5.41, 5.74) is -0.551. The molecule has 2 aliphatic carbocycles. The Balaban J connectivity index is 2.04. The minimum atomic E-state index is -0.551. The van der Waals surface area contributed by atoms with Crippen LogP contribution in [0.2, 0.25) is 0 Å². The number of alkyl carbamates (subject to hydrolysis) is 1. The Kier molecular flexibility index (Phi) is 5.93. The van der Waals surface area contributed by atoms with Crippen LogP contribution in [0.1, 0.15) is 72.1 Å². The monoisotopic (exact) mass is 324 g/mol. The van der Waals surface area contributed by atoms with Crippen LogP contribution in [0.4, 0.5) is 4.79 Å². The summed E-state index contributed by atoms with van der Waals surface area (Å²) in [5, 5.41) is 2.87. The van der Waals surface area contributed by atoms with E-state index in [1.807, 2.05) is 32.7 Å². The third-order valence-electron chi connectivity index (χ3n) is 5.03. The van der Waals surface area contributed by atoms with Gasteiger partial charge >= 0.3 is 6.09 Å². The molecule has 5 nitrogen and oxygen atoms in total. The van der Waals surface area contributed by atoms with E-state index in [9.17, 15) is 9.59 Å². The molecule has 0 saturated heterocycles. The van der Waals surface area contributed by atoms with Crippen LogP contribution >= 0.6 is 0 Å². The second-order valence-electron chi connectivity index (χ2n) is 8.06. The molecule has 0 heterocycles. The molecule has 0 aromatic rings. The summed E-state index contributed by atoms with van der Waals surface area (Å²) in [4.78, 5) is 27.0. The van der Waals surface area contributed by atoms with Crippen LogP contribution in [0.5, 0.6) is 0 Å². The highest BCUT2D eigenvalue weighted by Gasteiger charge is 2.37. The normalized spacial score (nSPS) is 21.2. The van der Waals surface area contributed by atoms with Crippen LogP contribution in [0.15, 0.2) is 0 Å². The molecule has 2 saturated carbocycles. The summed E-state index contributed by atoms with van der Waals surface area (Å²) in [6, 6.07) is -0.107. The van der Waals surface area contributed by atoms with Gasteiger partial charge in [-0.1, -0.05) is 19.3 Å². The van der Waals surface area contributed by atoms with Crippen molar-refractivity contribution in [1.29, 1.82) is 0 Å². The van der Waals surface area contributed by atoms with Crippen molar-refractivity contribution in [3.05, 3.63) is 0 Å². The topological polar surface area (TPSA) is 58.6 Å². The first kappa shape index (κ1) is 18.1. The molecular formula is C18H32N2O3. The second kappa shape index (κ2) is 7.54. The lowest BCUT2D eigenvalue weighted by Gasteiger charge is -2.39. The Labute approximate surface area is 140 Å². The van der Waals surface area contributed by atoms with E-state index >= 15 is 0 Å². The van der Waals surface area contributed by atoms with E-state index in [1.165, 1.54) is 12.8 Å². The average Bonchev–Trinajstić information content (AvgIpc) is 2.41. The lowest BCUT2D eigenvalue weighted by Crippen LogP contribution is -2.55. The SMILES string of the molecule is CN(C(=O)[C@@H](NC(=O)OC(C)(C)C)C1CCCCC1)C1CCC1. The summed E-state index contributed by atoms with van der Waals surface area (Å²) in [7, 11) is 1.87. The quantitative estimate of drug-likeness (QED) is 0.861. The zero-order valence-electron chi connectivity index (χ0n) is 15.1. The van der Waals surface area contributed by atoms with Crippen molar-refractivity contribution in [3.63, 3.8) is 0 Å². The minimum Gasteiger partial charge on any atom is -0.444 e. The smallest absolute Gasteiger partial charge is 0.408 e. The Bertz CT molecular complexity index is 420. The third kappa shape index (κ3) is 5.11. The second-order valence-corrected chi connectivity index (χ2v) is 8.06. The first-order valence-corrected chi connectivity index (χ1v) is 9.04. The molecule has 0 aliphatic heterocycles. The lowest BCUT2D eigenvalue weighted by molar-refractivity contribution is -0.137. The van der Waals surface area contributed by atoms with Crippen molar-refractivity contribution in [3.8, 4) is 0 Å². The molecule has 1 atom stereocenters. The zero-order valence-corrected chi connectivity index (χ0v) is 15.1. The molecule has 2 amide bonds. The van der Waals surface area contributed by atoms with Gasteiger partial charge in [-0.2, -0.15) is 0 Å². The highest BCUT2D eigenvalue weighted by molar-refractivity contribution is 5.86. The van der Waals surface area contributed by atoms with Crippen molar-refractivity contribution < 1.29 is 14.3 Å². The highest BCUT2D eigenvalue weighted by Crippen LogP contribution is 2.30. The van der Waals surface area contributed by atoms with Gasteiger partial charge in [0.25, 0.3) is 0 Å². The van der Waals surface area contributed by atoms with Crippen molar-refractivity contribution in [2.24, 2.45) is 5.92 Å². The number of nitrogens with one attached hydrogen (secondary N) is 1. The van der Waals surface area contributed by atoms with Gasteiger partial charge < -0.3 is 15.0 Å². The van der Waals surface area contributed by atoms with E-state index in [4.69, 9.17) is 4.74 Å². The number of ether oxygens (including phenoxy) is 1. The molecule has 0 bridgehead atoms. The first-order chi connectivity index (χ1) is 10.8. The summed E-state index contributed by atoms with van der Waals surface area (Å²) >= 11 is 0. The standard InChI is InChI=1S/C18H32N2O3/c1-18(2,3)23-17(22)19-15(13-9-6-5-7-10-13)16(21)20(4)14-11-8-12-14/h13-15H,5-12H2,1-4H3,(H,19,22)/t15-/m0/s1. The number of carbonyl (C=O) groups is 2. The van der Waals surface area contributed by atoms with Crippen LogP contribution in [0, 0.1) is 5.92 Å². The number of amides is 2. The number of rotatable bonds is 4. The van der Waals surface area contributed by atoms with Crippen molar-refractivity contribution in [1.82, 2.24) is 10.2 Å². The van der Waals surface area contributed by atoms with Crippen molar-refractivity contribution >= 4 is 12.0 Å². The molecule has 2 fully saturated rings. The van der Waals surface area contributed by atoms with Gasteiger partial charge in [-0.25, -0.2) is 4.79 Å². The fourth-order valence-electron chi connectivity index (χ4n) is 3.46. The summed E-state index contributed by atoms with van der Waals surface area (Å²) in [5.74, 6) is 0.277. The maximum absolute atomic E-state index is 12.9. The Morgan fingerprint density at radius 1 is 1.04 bits per heavy atom. The Morgan fingerprint density at radius 3 is 2.13 bits per heavy atom. The Morgan fingerprint density at radius 2 is 1.65 bits per heavy atom. The van der Waals surface area contributed by atoms with Crippen LogP contribution in [-0.4, -0.2) is 41.6 Å². The lowest BCUT2D eigenvalue weighted by atomic mass is 9.82.